The van der Waals surface area contributed by atoms with Gasteiger partial charge in [-0.3, -0.25) is 9.78 Å². The third-order valence-corrected chi connectivity index (χ3v) is 7.22. The van der Waals surface area contributed by atoms with Gasteiger partial charge in [-0.15, -0.1) is 0 Å². The molecule has 3 heterocycles. The number of nitrogens with zero attached hydrogens (tertiary/aromatic N) is 3. The van der Waals surface area contributed by atoms with Crippen LogP contribution in [-0.2, 0) is 11.2 Å². The molecule has 0 saturated carbocycles. The van der Waals surface area contributed by atoms with Crippen molar-refractivity contribution in [2.24, 2.45) is 0 Å². The molecule has 1 saturated heterocycles. The molecule has 0 aliphatic carbocycles. The summed E-state index contributed by atoms with van der Waals surface area (Å²) in [5, 5.41) is 7.16. The largest absolute Gasteiger partial charge is 0.497 e. The molecule has 4 aromatic rings. The first kappa shape index (κ1) is 25.5. The second kappa shape index (κ2) is 11.5. The van der Waals surface area contributed by atoms with Gasteiger partial charge in [0.25, 0.3) is 0 Å². The molecular formula is C30H31N5O2S. The highest BCUT2D eigenvalue weighted by Crippen LogP contribution is 2.39. The number of methoxy groups -OCH3 is 1. The zero-order valence-corrected chi connectivity index (χ0v) is 22.3. The molecule has 2 N–H and O–H groups in total. The number of aryl methyl sites for hydroxylation is 1. The highest BCUT2D eigenvalue weighted by atomic mass is 32.1. The molecule has 0 radical (unpaired) electrons. The summed E-state index contributed by atoms with van der Waals surface area (Å²) >= 11 is 5.82. The summed E-state index contributed by atoms with van der Waals surface area (Å²) in [5.74, 6) is 0.737. The normalized spacial score (nSPS) is 16.8. The van der Waals surface area contributed by atoms with E-state index < -0.39 is 0 Å². The van der Waals surface area contributed by atoms with Crippen LogP contribution in [0.15, 0.2) is 91.3 Å². The number of aromatic nitrogens is 2. The van der Waals surface area contributed by atoms with Crippen LogP contribution in [-0.4, -0.2) is 39.1 Å². The van der Waals surface area contributed by atoms with E-state index in [1.807, 2.05) is 79.0 Å². The summed E-state index contributed by atoms with van der Waals surface area (Å²) in [6, 6.07) is 25.5. The molecule has 2 atom stereocenters. The lowest BCUT2D eigenvalue weighted by Gasteiger charge is -2.29. The molecule has 38 heavy (non-hydrogen) atoms. The number of amides is 1. The lowest BCUT2D eigenvalue weighted by molar-refractivity contribution is -0.116. The van der Waals surface area contributed by atoms with Crippen LogP contribution in [0.3, 0.4) is 0 Å². The second-order valence-electron chi connectivity index (χ2n) is 9.13. The minimum atomic E-state index is -0.174. The first-order valence-electron chi connectivity index (χ1n) is 12.8. The fraction of sp³-hybridized carbons (Fsp3) is 0.233. The molecule has 1 fully saturated rings. The van der Waals surface area contributed by atoms with Crippen LogP contribution < -0.4 is 15.4 Å². The summed E-state index contributed by atoms with van der Waals surface area (Å²) in [7, 11) is 1.66. The number of para-hydroxylation sites is 1. The SMILES string of the molecule is CCc1ccccc1NC(=O)CCN1C(=S)N[C@H](c2ccccn2)[C@@H]1c1cccn1-c1cccc(OC)c1. The monoisotopic (exact) mass is 525 g/mol. The van der Waals surface area contributed by atoms with Crippen LogP contribution >= 0.6 is 12.2 Å². The molecule has 194 valence electrons. The van der Waals surface area contributed by atoms with E-state index in [1.165, 1.54) is 0 Å². The van der Waals surface area contributed by atoms with E-state index in [0.717, 1.165) is 40.5 Å². The highest BCUT2D eigenvalue weighted by Gasteiger charge is 2.41. The Bertz CT molecular complexity index is 1420. The lowest BCUT2D eigenvalue weighted by Crippen LogP contribution is -2.33. The Balaban J connectivity index is 1.44. The van der Waals surface area contributed by atoms with Crippen molar-refractivity contribution in [3.63, 3.8) is 0 Å². The number of hydrogen-bond donors (Lipinski definition) is 2. The smallest absolute Gasteiger partial charge is 0.226 e. The van der Waals surface area contributed by atoms with Crippen molar-refractivity contribution in [3.8, 4) is 11.4 Å². The average molecular weight is 526 g/mol. The third-order valence-electron chi connectivity index (χ3n) is 6.86. The standard InChI is InChI=1S/C30H31N5O2S/c1-3-21-10-4-5-13-24(21)32-27(36)16-19-35-29(28(33-30(35)38)25-14-6-7-17-31-25)26-15-9-18-34(26)22-11-8-12-23(20-22)37-2/h4-15,17-18,20,28-29H,3,16,19H2,1-2H3,(H,32,36)(H,33,38)/t28-,29+/m1/s1. The molecule has 1 aliphatic heterocycles. The lowest BCUT2D eigenvalue weighted by atomic mass is 10.0. The van der Waals surface area contributed by atoms with E-state index in [-0.39, 0.29) is 18.0 Å². The molecule has 1 aliphatic rings. The Labute approximate surface area is 228 Å². The van der Waals surface area contributed by atoms with Gasteiger partial charge in [-0.05, 0) is 66.7 Å². The van der Waals surface area contributed by atoms with E-state index in [1.54, 1.807) is 13.3 Å². The van der Waals surface area contributed by atoms with Crippen LogP contribution in [0.25, 0.3) is 5.69 Å². The van der Waals surface area contributed by atoms with Gasteiger partial charge in [-0.1, -0.05) is 37.3 Å². The molecule has 1 amide bonds. The number of anilines is 1. The van der Waals surface area contributed by atoms with Gasteiger partial charge in [-0.25, -0.2) is 0 Å². The minimum absolute atomic E-state index is 0.0445. The fourth-order valence-corrected chi connectivity index (χ4v) is 5.32. The minimum Gasteiger partial charge on any atom is -0.497 e. The first-order valence-corrected chi connectivity index (χ1v) is 13.2. The van der Waals surface area contributed by atoms with Crippen LogP contribution in [0.2, 0.25) is 0 Å². The zero-order chi connectivity index (χ0) is 26.5. The molecule has 2 aromatic carbocycles. The fourth-order valence-electron chi connectivity index (χ4n) is 4.98. The Morgan fingerprint density at radius 1 is 1.08 bits per heavy atom. The predicted molar refractivity (Wildman–Crippen MR) is 154 cm³/mol. The molecule has 0 bridgehead atoms. The van der Waals surface area contributed by atoms with Gasteiger partial charge >= 0.3 is 0 Å². The van der Waals surface area contributed by atoms with E-state index in [0.29, 0.717) is 18.1 Å². The first-order chi connectivity index (χ1) is 18.6. The number of pyridine rings is 1. The second-order valence-corrected chi connectivity index (χ2v) is 9.52. The van der Waals surface area contributed by atoms with Crippen molar-refractivity contribution in [2.75, 3.05) is 19.0 Å². The van der Waals surface area contributed by atoms with Gasteiger partial charge in [0.15, 0.2) is 5.11 Å². The van der Waals surface area contributed by atoms with Crippen molar-refractivity contribution in [1.82, 2.24) is 19.8 Å². The van der Waals surface area contributed by atoms with Crippen molar-refractivity contribution in [1.29, 1.82) is 0 Å². The van der Waals surface area contributed by atoms with Gasteiger partial charge in [-0.2, -0.15) is 0 Å². The van der Waals surface area contributed by atoms with Crippen molar-refractivity contribution >= 4 is 28.9 Å². The maximum atomic E-state index is 13.0. The Kier molecular flexibility index (Phi) is 7.70. The zero-order valence-electron chi connectivity index (χ0n) is 21.5. The Hall–Kier alpha value is -4.17. The van der Waals surface area contributed by atoms with Crippen molar-refractivity contribution in [2.45, 2.75) is 31.8 Å². The van der Waals surface area contributed by atoms with Gasteiger partial charge in [0.05, 0.1) is 24.9 Å². The molecule has 0 spiro atoms. The van der Waals surface area contributed by atoms with Crippen molar-refractivity contribution in [3.05, 3.63) is 108 Å². The summed E-state index contributed by atoms with van der Waals surface area (Å²) in [4.78, 5) is 19.8. The Morgan fingerprint density at radius 3 is 2.71 bits per heavy atom. The molecule has 8 heteroatoms. The molecular weight excluding hydrogens is 494 g/mol. The van der Waals surface area contributed by atoms with Gasteiger partial charge < -0.3 is 24.8 Å². The molecule has 2 aromatic heterocycles. The van der Waals surface area contributed by atoms with E-state index in [4.69, 9.17) is 17.0 Å². The number of carbonyl (C=O) groups is 1. The highest BCUT2D eigenvalue weighted by molar-refractivity contribution is 7.80. The van der Waals surface area contributed by atoms with Crippen molar-refractivity contribution < 1.29 is 9.53 Å². The van der Waals surface area contributed by atoms with E-state index >= 15 is 0 Å². The molecule has 7 nitrogen and oxygen atoms in total. The summed E-state index contributed by atoms with van der Waals surface area (Å²) in [5.41, 5.74) is 4.89. The predicted octanol–water partition coefficient (Wildman–Crippen LogP) is 5.44. The number of benzene rings is 2. The molecule has 0 unspecified atom stereocenters. The van der Waals surface area contributed by atoms with Gasteiger partial charge in [0.1, 0.15) is 5.75 Å². The molecule has 5 rings (SSSR count). The number of ether oxygens (including phenoxy) is 1. The number of thiocarbonyl (C=S) groups is 1. The van der Waals surface area contributed by atoms with Crippen LogP contribution in [0, 0.1) is 0 Å². The van der Waals surface area contributed by atoms with Gasteiger partial charge in [0.2, 0.25) is 5.91 Å². The van der Waals surface area contributed by atoms with E-state index in [9.17, 15) is 4.79 Å². The van der Waals surface area contributed by atoms with Crippen LogP contribution in [0.4, 0.5) is 5.69 Å². The summed E-state index contributed by atoms with van der Waals surface area (Å²) < 4.78 is 7.61. The number of carbonyl (C=O) groups excluding carboxylic acids is 1. The summed E-state index contributed by atoms with van der Waals surface area (Å²) in [6.07, 6.45) is 4.98. The third kappa shape index (κ3) is 5.26. The number of nitrogens with one attached hydrogen (secondary N) is 2. The van der Waals surface area contributed by atoms with Gasteiger partial charge in [0, 0.05) is 48.5 Å². The topological polar surface area (TPSA) is 71.4 Å². The Morgan fingerprint density at radius 2 is 1.92 bits per heavy atom. The average Bonchev–Trinajstić information content (AvgIpc) is 3.57. The summed E-state index contributed by atoms with van der Waals surface area (Å²) in [6.45, 7) is 2.54. The van der Waals surface area contributed by atoms with Crippen LogP contribution in [0.5, 0.6) is 5.75 Å². The number of hydrogen-bond acceptors (Lipinski definition) is 4. The maximum absolute atomic E-state index is 13.0. The maximum Gasteiger partial charge on any atom is 0.226 e. The quantitative estimate of drug-likeness (QED) is 0.284. The van der Waals surface area contributed by atoms with E-state index in [2.05, 4.69) is 38.1 Å². The van der Waals surface area contributed by atoms with Crippen LogP contribution in [0.1, 0.15) is 42.4 Å². The number of rotatable bonds is 9.